The first-order valence-electron chi connectivity index (χ1n) is 8.65. The van der Waals surface area contributed by atoms with Gasteiger partial charge in [-0.15, -0.1) is 0 Å². The van der Waals surface area contributed by atoms with Crippen molar-refractivity contribution in [1.82, 2.24) is 19.8 Å². The zero-order valence-corrected chi connectivity index (χ0v) is 14.9. The van der Waals surface area contributed by atoms with Crippen molar-refractivity contribution in [3.63, 3.8) is 0 Å². The summed E-state index contributed by atoms with van der Waals surface area (Å²) < 4.78 is 0. The normalized spacial score (nSPS) is 15.2. The highest BCUT2D eigenvalue weighted by Crippen LogP contribution is 2.13. The van der Waals surface area contributed by atoms with Gasteiger partial charge in [0.05, 0.1) is 12.7 Å². The van der Waals surface area contributed by atoms with E-state index < -0.39 is 0 Å². The Bertz CT molecular complexity index is 698. The van der Waals surface area contributed by atoms with Gasteiger partial charge in [0.15, 0.2) is 0 Å². The fourth-order valence-electron chi connectivity index (χ4n) is 3.06. The number of amides is 1. The SMILES string of the molecule is Cc1ccccc1CN1CCN(C(=O)CN(C)c2cnccn2)CC1. The average Bonchev–Trinajstić information content (AvgIpc) is 2.65. The van der Waals surface area contributed by atoms with Crippen LogP contribution in [0.4, 0.5) is 5.82 Å². The molecule has 0 aliphatic carbocycles. The fourth-order valence-corrected chi connectivity index (χ4v) is 3.06. The molecule has 1 amide bonds. The molecule has 0 radical (unpaired) electrons. The first kappa shape index (κ1) is 17.4. The first-order chi connectivity index (χ1) is 12.1. The van der Waals surface area contributed by atoms with Gasteiger partial charge in [-0.3, -0.25) is 14.7 Å². The molecule has 1 fully saturated rings. The van der Waals surface area contributed by atoms with E-state index in [9.17, 15) is 4.79 Å². The van der Waals surface area contributed by atoms with Crippen LogP contribution in [0.25, 0.3) is 0 Å². The number of piperazine rings is 1. The van der Waals surface area contributed by atoms with E-state index in [1.54, 1.807) is 18.6 Å². The van der Waals surface area contributed by atoms with Crippen molar-refractivity contribution in [3.05, 3.63) is 54.0 Å². The second kappa shape index (κ2) is 8.07. The van der Waals surface area contributed by atoms with E-state index in [0.29, 0.717) is 12.4 Å². The van der Waals surface area contributed by atoms with Crippen LogP contribution < -0.4 is 4.90 Å². The van der Waals surface area contributed by atoms with Gasteiger partial charge in [-0.25, -0.2) is 4.98 Å². The van der Waals surface area contributed by atoms with Gasteiger partial charge in [0, 0.05) is 52.2 Å². The molecule has 25 heavy (non-hydrogen) atoms. The standard InChI is InChI=1S/C19H25N5O/c1-16-5-3-4-6-17(16)14-23-9-11-24(12-10-23)19(25)15-22(2)18-13-20-7-8-21-18/h3-8,13H,9-12,14-15H2,1-2H3. The number of anilines is 1. The van der Waals surface area contributed by atoms with Crippen molar-refractivity contribution >= 4 is 11.7 Å². The lowest BCUT2D eigenvalue weighted by molar-refractivity contribution is -0.131. The molecule has 6 heteroatoms. The number of carbonyl (C=O) groups excluding carboxylic acids is 1. The fraction of sp³-hybridized carbons (Fsp3) is 0.421. The second-order valence-corrected chi connectivity index (χ2v) is 6.50. The second-order valence-electron chi connectivity index (χ2n) is 6.50. The average molecular weight is 339 g/mol. The number of benzene rings is 1. The third kappa shape index (κ3) is 4.54. The molecule has 2 aromatic rings. The monoisotopic (exact) mass is 339 g/mol. The minimum Gasteiger partial charge on any atom is -0.349 e. The summed E-state index contributed by atoms with van der Waals surface area (Å²) in [5.41, 5.74) is 2.69. The number of rotatable bonds is 5. The zero-order chi connectivity index (χ0) is 17.6. The number of hydrogen-bond donors (Lipinski definition) is 0. The summed E-state index contributed by atoms with van der Waals surface area (Å²) in [5.74, 6) is 0.859. The van der Waals surface area contributed by atoms with Gasteiger partial charge in [0.1, 0.15) is 5.82 Å². The van der Waals surface area contributed by atoms with Gasteiger partial charge in [-0.1, -0.05) is 24.3 Å². The van der Waals surface area contributed by atoms with Crippen LogP contribution in [0.5, 0.6) is 0 Å². The molecule has 3 rings (SSSR count). The van der Waals surface area contributed by atoms with E-state index in [-0.39, 0.29) is 5.91 Å². The topological polar surface area (TPSA) is 52.6 Å². The third-order valence-corrected chi connectivity index (χ3v) is 4.69. The van der Waals surface area contributed by atoms with Crippen molar-refractivity contribution in [1.29, 1.82) is 0 Å². The predicted octanol–water partition coefficient (Wildman–Crippen LogP) is 1.57. The molecule has 0 saturated carbocycles. The summed E-state index contributed by atoms with van der Waals surface area (Å²) in [6.45, 7) is 6.81. The molecule has 0 spiro atoms. The van der Waals surface area contributed by atoms with Crippen molar-refractivity contribution in [2.75, 3.05) is 44.7 Å². The molecule has 2 heterocycles. The van der Waals surface area contributed by atoms with Gasteiger partial charge in [-0.2, -0.15) is 0 Å². The maximum atomic E-state index is 12.5. The maximum Gasteiger partial charge on any atom is 0.242 e. The van der Waals surface area contributed by atoms with Crippen LogP contribution in [0.2, 0.25) is 0 Å². The Hall–Kier alpha value is -2.47. The molecule has 1 aliphatic heterocycles. The molecule has 1 aromatic heterocycles. The quantitative estimate of drug-likeness (QED) is 0.828. The lowest BCUT2D eigenvalue weighted by atomic mass is 10.1. The maximum absolute atomic E-state index is 12.5. The molecule has 0 unspecified atom stereocenters. The number of likely N-dealkylation sites (N-methyl/N-ethyl adjacent to an activating group) is 1. The summed E-state index contributed by atoms with van der Waals surface area (Å²) in [6, 6.07) is 8.49. The first-order valence-corrected chi connectivity index (χ1v) is 8.65. The van der Waals surface area contributed by atoms with Crippen LogP contribution in [-0.4, -0.2) is 65.4 Å². The number of aromatic nitrogens is 2. The highest BCUT2D eigenvalue weighted by atomic mass is 16.2. The minimum atomic E-state index is 0.142. The van der Waals surface area contributed by atoms with Crippen LogP contribution in [0, 0.1) is 6.92 Å². The molecule has 1 aromatic carbocycles. The molecule has 0 bridgehead atoms. The Balaban J connectivity index is 1.48. The molecule has 1 aliphatic rings. The summed E-state index contributed by atoms with van der Waals surface area (Å²) >= 11 is 0. The van der Waals surface area contributed by atoms with E-state index in [1.165, 1.54) is 11.1 Å². The lowest BCUT2D eigenvalue weighted by Gasteiger charge is -2.35. The van der Waals surface area contributed by atoms with Gasteiger partial charge < -0.3 is 9.80 Å². The van der Waals surface area contributed by atoms with Crippen molar-refractivity contribution in [2.24, 2.45) is 0 Å². The predicted molar refractivity (Wildman–Crippen MR) is 98.3 cm³/mol. The highest BCUT2D eigenvalue weighted by Gasteiger charge is 2.22. The smallest absolute Gasteiger partial charge is 0.242 e. The van der Waals surface area contributed by atoms with Crippen molar-refractivity contribution < 1.29 is 4.79 Å². The van der Waals surface area contributed by atoms with E-state index in [0.717, 1.165) is 32.7 Å². The van der Waals surface area contributed by atoms with E-state index in [2.05, 4.69) is 46.1 Å². The largest absolute Gasteiger partial charge is 0.349 e. The molecule has 6 nitrogen and oxygen atoms in total. The Morgan fingerprint density at radius 1 is 1.16 bits per heavy atom. The minimum absolute atomic E-state index is 0.142. The summed E-state index contributed by atoms with van der Waals surface area (Å²) in [4.78, 5) is 27.0. The zero-order valence-electron chi connectivity index (χ0n) is 14.9. The molecular weight excluding hydrogens is 314 g/mol. The summed E-state index contributed by atoms with van der Waals surface area (Å²) in [6.07, 6.45) is 4.95. The van der Waals surface area contributed by atoms with Gasteiger partial charge in [0.2, 0.25) is 5.91 Å². The number of carbonyl (C=O) groups is 1. The lowest BCUT2D eigenvalue weighted by Crippen LogP contribution is -2.50. The van der Waals surface area contributed by atoms with Crippen LogP contribution >= 0.6 is 0 Å². The Morgan fingerprint density at radius 2 is 1.92 bits per heavy atom. The van der Waals surface area contributed by atoms with Crippen molar-refractivity contribution in [3.8, 4) is 0 Å². The van der Waals surface area contributed by atoms with Gasteiger partial charge >= 0.3 is 0 Å². The van der Waals surface area contributed by atoms with Crippen LogP contribution in [0.3, 0.4) is 0 Å². The summed E-state index contributed by atoms with van der Waals surface area (Å²) in [5, 5.41) is 0. The Labute approximate surface area is 149 Å². The van der Waals surface area contributed by atoms with Crippen molar-refractivity contribution in [2.45, 2.75) is 13.5 Å². The van der Waals surface area contributed by atoms with Gasteiger partial charge in [0.25, 0.3) is 0 Å². The molecule has 0 N–H and O–H groups in total. The number of nitrogens with zero attached hydrogens (tertiary/aromatic N) is 5. The molecule has 132 valence electrons. The van der Waals surface area contributed by atoms with Crippen LogP contribution in [0.15, 0.2) is 42.9 Å². The van der Waals surface area contributed by atoms with E-state index >= 15 is 0 Å². The van der Waals surface area contributed by atoms with E-state index in [1.807, 2.05) is 16.8 Å². The van der Waals surface area contributed by atoms with Gasteiger partial charge in [-0.05, 0) is 18.1 Å². The number of aryl methyl sites for hydroxylation is 1. The Kier molecular flexibility index (Phi) is 5.60. The number of hydrogen-bond acceptors (Lipinski definition) is 5. The molecular formula is C19H25N5O. The van der Waals surface area contributed by atoms with Crippen LogP contribution in [0.1, 0.15) is 11.1 Å². The van der Waals surface area contributed by atoms with Crippen LogP contribution in [-0.2, 0) is 11.3 Å². The van der Waals surface area contributed by atoms with E-state index in [4.69, 9.17) is 0 Å². The highest BCUT2D eigenvalue weighted by molar-refractivity contribution is 5.81. The third-order valence-electron chi connectivity index (χ3n) is 4.69. The molecule has 1 saturated heterocycles. The summed E-state index contributed by atoms with van der Waals surface area (Å²) in [7, 11) is 1.87. The molecule has 0 atom stereocenters. The Morgan fingerprint density at radius 3 is 2.60 bits per heavy atom.